The molecule has 0 aliphatic carbocycles. The van der Waals surface area contributed by atoms with Crippen molar-refractivity contribution in [2.24, 2.45) is 5.92 Å². The summed E-state index contributed by atoms with van der Waals surface area (Å²) in [7, 11) is 0. The van der Waals surface area contributed by atoms with Crippen molar-refractivity contribution >= 4 is 17.5 Å². The molecule has 0 spiro atoms. The van der Waals surface area contributed by atoms with Crippen molar-refractivity contribution in [3.63, 3.8) is 0 Å². The predicted octanol–water partition coefficient (Wildman–Crippen LogP) is 3.66. The Hall–Kier alpha value is -2.63. The van der Waals surface area contributed by atoms with Crippen LogP contribution in [0, 0.1) is 26.7 Å². The Morgan fingerprint density at radius 3 is 2.44 bits per heavy atom. The summed E-state index contributed by atoms with van der Waals surface area (Å²) >= 11 is 0. The molecule has 1 N–H and O–H groups in total. The average molecular weight is 368 g/mol. The first-order valence-corrected chi connectivity index (χ1v) is 9.50. The second kappa shape index (κ2) is 8.37. The van der Waals surface area contributed by atoms with Gasteiger partial charge in [0.05, 0.1) is 0 Å². The summed E-state index contributed by atoms with van der Waals surface area (Å²) in [5, 5.41) is 2.87. The first-order chi connectivity index (χ1) is 12.9. The Kier molecular flexibility index (Phi) is 5.94. The molecule has 6 nitrogen and oxygen atoms in total. The van der Waals surface area contributed by atoms with Crippen LogP contribution in [0.4, 0.5) is 11.6 Å². The van der Waals surface area contributed by atoms with Crippen LogP contribution in [0.1, 0.15) is 36.6 Å². The highest BCUT2D eigenvalue weighted by Crippen LogP contribution is 2.22. The molecule has 0 saturated carbocycles. The lowest BCUT2D eigenvalue weighted by atomic mass is 10.00. The number of hydrogen-bond donors (Lipinski definition) is 1. The highest BCUT2D eigenvalue weighted by atomic mass is 16.5. The molecule has 1 aromatic carbocycles. The molecule has 0 radical (unpaired) electrons. The summed E-state index contributed by atoms with van der Waals surface area (Å²) in [5.41, 5.74) is 3.84. The van der Waals surface area contributed by atoms with E-state index in [1.165, 1.54) is 0 Å². The lowest BCUT2D eigenvalue weighted by Gasteiger charge is -2.30. The van der Waals surface area contributed by atoms with Gasteiger partial charge >= 0.3 is 0 Å². The van der Waals surface area contributed by atoms with Gasteiger partial charge in [0.25, 0.3) is 5.91 Å². The van der Waals surface area contributed by atoms with Crippen LogP contribution in [-0.2, 0) is 4.79 Å². The first kappa shape index (κ1) is 19.1. The number of benzene rings is 1. The van der Waals surface area contributed by atoms with Gasteiger partial charge in [-0.3, -0.25) is 4.79 Å². The fourth-order valence-electron chi connectivity index (χ4n) is 3.33. The molecular weight excluding hydrogens is 340 g/mol. The topological polar surface area (TPSA) is 67.3 Å². The summed E-state index contributed by atoms with van der Waals surface area (Å²) in [6.45, 7) is 10.0. The number of hydrogen-bond acceptors (Lipinski definition) is 5. The van der Waals surface area contributed by atoms with Crippen LogP contribution in [0.2, 0.25) is 0 Å². The van der Waals surface area contributed by atoms with Crippen LogP contribution < -0.4 is 15.0 Å². The van der Waals surface area contributed by atoms with E-state index < -0.39 is 0 Å². The highest BCUT2D eigenvalue weighted by Gasteiger charge is 2.19. The Labute approximate surface area is 161 Å². The van der Waals surface area contributed by atoms with Gasteiger partial charge in [-0.1, -0.05) is 13.0 Å². The molecule has 6 heteroatoms. The third kappa shape index (κ3) is 5.42. The van der Waals surface area contributed by atoms with Crippen LogP contribution in [0.5, 0.6) is 5.88 Å². The molecule has 144 valence electrons. The van der Waals surface area contributed by atoms with Gasteiger partial charge in [0.2, 0.25) is 11.8 Å². The van der Waals surface area contributed by atoms with E-state index in [2.05, 4.69) is 33.2 Å². The molecule has 1 aliphatic heterocycles. The number of nitrogens with zero attached hydrogens (tertiary/aromatic N) is 3. The number of amides is 1. The van der Waals surface area contributed by atoms with Crippen LogP contribution in [0.25, 0.3) is 0 Å². The van der Waals surface area contributed by atoms with Crippen molar-refractivity contribution in [3.8, 4) is 5.88 Å². The van der Waals surface area contributed by atoms with Crippen LogP contribution in [0.15, 0.2) is 24.3 Å². The van der Waals surface area contributed by atoms with Gasteiger partial charge in [-0.15, -0.1) is 0 Å². The Bertz CT molecular complexity index is 794. The zero-order chi connectivity index (χ0) is 19.4. The summed E-state index contributed by atoms with van der Waals surface area (Å²) in [5.74, 6) is 1.67. The van der Waals surface area contributed by atoms with Gasteiger partial charge in [0.1, 0.15) is 0 Å². The normalized spacial score (nSPS) is 14.9. The summed E-state index contributed by atoms with van der Waals surface area (Å²) in [6, 6.07) is 7.71. The molecule has 1 amide bonds. The molecule has 3 rings (SSSR count). The molecule has 2 heterocycles. The number of carbonyl (C=O) groups excluding carboxylic acids is 1. The minimum absolute atomic E-state index is 0.0834. The Balaban J connectivity index is 1.61. The standard InChI is InChI=1S/C21H28N4O2/c1-14-5-7-25(8-6-14)21-22-17(4)12-20(24-21)27-13-19(26)23-18-10-15(2)9-16(3)11-18/h9-12,14H,5-8,13H2,1-4H3,(H,23,26). The van der Waals surface area contributed by atoms with Crippen molar-refractivity contribution in [2.45, 2.75) is 40.5 Å². The monoisotopic (exact) mass is 368 g/mol. The van der Waals surface area contributed by atoms with Crippen molar-refractivity contribution < 1.29 is 9.53 Å². The van der Waals surface area contributed by atoms with Gasteiger partial charge in [-0.05, 0) is 62.8 Å². The maximum atomic E-state index is 12.2. The maximum absolute atomic E-state index is 12.2. The zero-order valence-electron chi connectivity index (χ0n) is 16.6. The number of anilines is 2. The second-order valence-electron chi connectivity index (χ2n) is 7.53. The fraction of sp³-hybridized carbons (Fsp3) is 0.476. The number of ether oxygens (including phenoxy) is 1. The lowest BCUT2D eigenvalue weighted by Crippen LogP contribution is -2.34. The third-order valence-electron chi connectivity index (χ3n) is 4.74. The number of carbonyl (C=O) groups is 1. The quantitative estimate of drug-likeness (QED) is 0.872. The van der Waals surface area contributed by atoms with Gasteiger partial charge in [-0.25, -0.2) is 4.98 Å². The third-order valence-corrected chi connectivity index (χ3v) is 4.74. The van der Waals surface area contributed by atoms with E-state index in [1.807, 2.05) is 32.9 Å². The molecule has 2 aromatic rings. The second-order valence-corrected chi connectivity index (χ2v) is 7.53. The lowest BCUT2D eigenvalue weighted by molar-refractivity contribution is -0.118. The molecule has 1 saturated heterocycles. The molecule has 1 fully saturated rings. The maximum Gasteiger partial charge on any atom is 0.262 e. The predicted molar refractivity (Wildman–Crippen MR) is 107 cm³/mol. The van der Waals surface area contributed by atoms with Crippen molar-refractivity contribution in [2.75, 3.05) is 29.9 Å². The smallest absolute Gasteiger partial charge is 0.262 e. The van der Waals surface area contributed by atoms with E-state index in [-0.39, 0.29) is 12.5 Å². The summed E-state index contributed by atoms with van der Waals surface area (Å²) in [4.78, 5) is 23.4. The van der Waals surface area contributed by atoms with Gasteiger partial charge in [0, 0.05) is 30.5 Å². The SMILES string of the molecule is Cc1cc(C)cc(NC(=O)COc2cc(C)nc(N3CCC(C)CC3)n2)c1. The number of rotatable bonds is 5. The minimum Gasteiger partial charge on any atom is -0.467 e. The van der Waals surface area contributed by atoms with E-state index in [0.717, 1.165) is 54.4 Å². The molecular formula is C21H28N4O2. The zero-order valence-corrected chi connectivity index (χ0v) is 16.6. The van der Waals surface area contributed by atoms with Crippen molar-refractivity contribution in [1.29, 1.82) is 0 Å². The van der Waals surface area contributed by atoms with Gasteiger partial charge in [0.15, 0.2) is 6.61 Å². The summed E-state index contributed by atoms with van der Waals surface area (Å²) < 4.78 is 5.64. The van der Waals surface area contributed by atoms with Crippen LogP contribution in [-0.4, -0.2) is 35.6 Å². The van der Waals surface area contributed by atoms with E-state index in [9.17, 15) is 4.79 Å². The van der Waals surface area contributed by atoms with Crippen molar-refractivity contribution in [1.82, 2.24) is 9.97 Å². The van der Waals surface area contributed by atoms with E-state index in [1.54, 1.807) is 6.07 Å². The van der Waals surface area contributed by atoms with E-state index >= 15 is 0 Å². The van der Waals surface area contributed by atoms with Crippen molar-refractivity contribution in [3.05, 3.63) is 41.1 Å². The number of piperidine rings is 1. The van der Waals surface area contributed by atoms with E-state index in [4.69, 9.17) is 4.74 Å². The number of aromatic nitrogens is 2. The largest absolute Gasteiger partial charge is 0.467 e. The molecule has 0 atom stereocenters. The number of nitrogens with one attached hydrogen (secondary N) is 1. The molecule has 1 aromatic heterocycles. The highest BCUT2D eigenvalue weighted by molar-refractivity contribution is 5.92. The molecule has 0 bridgehead atoms. The van der Waals surface area contributed by atoms with Crippen LogP contribution >= 0.6 is 0 Å². The van der Waals surface area contributed by atoms with Gasteiger partial charge in [-0.2, -0.15) is 4.98 Å². The Morgan fingerprint density at radius 1 is 1.11 bits per heavy atom. The average Bonchev–Trinajstić information content (AvgIpc) is 2.59. The molecule has 0 unspecified atom stereocenters. The first-order valence-electron chi connectivity index (χ1n) is 9.50. The fourth-order valence-corrected chi connectivity index (χ4v) is 3.33. The summed E-state index contributed by atoms with van der Waals surface area (Å²) in [6.07, 6.45) is 2.29. The number of aryl methyl sites for hydroxylation is 3. The minimum atomic E-state index is -0.204. The van der Waals surface area contributed by atoms with Gasteiger partial charge < -0.3 is 15.0 Å². The Morgan fingerprint density at radius 2 is 1.78 bits per heavy atom. The van der Waals surface area contributed by atoms with Crippen LogP contribution in [0.3, 0.4) is 0 Å². The molecule has 27 heavy (non-hydrogen) atoms. The molecule has 1 aliphatic rings. The van der Waals surface area contributed by atoms with E-state index in [0.29, 0.717) is 11.8 Å².